The minimum absolute atomic E-state index is 0.0120. The maximum Gasteiger partial charge on any atom is 0.277 e. The summed E-state index contributed by atoms with van der Waals surface area (Å²) in [6, 6.07) is 18.9. The molecule has 0 bridgehead atoms. The maximum atomic E-state index is 13.1. The molecule has 152 valence electrons. The number of aromatic amines is 1. The lowest BCUT2D eigenvalue weighted by molar-refractivity contribution is -0.880. The van der Waals surface area contributed by atoms with Gasteiger partial charge in [0, 0.05) is 29.7 Å². The highest BCUT2D eigenvalue weighted by Gasteiger charge is 2.23. The van der Waals surface area contributed by atoms with Crippen molar-refractivity contribution in [3.63, 3.8) is 0 Å². The smallest absolute Gasteiger partial charge is 0.277 e. The van der Waals surface area contributed by atoms with E-state index in [1.165, 1.54) is 4.90 Å². The van der Waals surface area contributed by atoms with Crippen LogP contribution in [0.15, 0.2) is 70.6 Å². The highest BCUT2D eigenvalue weighted by Crippen LogP contribution is 2.31. The molecular weight excluding hydrogens is 378 g/mol. The van der Waals surface area contributed by atoms with E-state index in [9.17, 15) is 9.59 Å². The fourth-order valence-electron chi connectivity index (χ4n) is 3.62. The lowest BCUT2D eigenvalue weighted by Gasteiger charge is -2.20. The topological polar surface area (TPSA) is 91.7 Å². The van der Waals surface area contributed by atoms with Crippen LogP contribution >= 0.6 is 0 Å². The number of nitrogens with one attached hydrogen (secondary N) is 3. The van der Waals surface area contributed by atoms with Crippen LogP contribution in [0.3, 0.4) is 0 Å². The number of quaternary nitrogens is 1. The average Bonchev–Trinajstić information content (AvgIpc) is 2.79. The highest BCUT2D eigenvalue weighted by atomic mass is 16.2. The first-order chi connectivity index (χ1) is 14.6. The van der Waals surface area contributed by atoms with Gasteiger partial charge in [0.15, 0.2) is 0 Å². The molecule has 7 heteroatoms. The second kappa shape index (κ2) is 8.84. The molecule has 0 aliphatic carbocycles. The molecule has 0 saturated carbocycles. The second-order valence-corrected chi connectivity index (χ2v) is 7.46. The molecule has 3 N–H and O–H groups in total. The predicted molar refractivity (Wildman–Crippen MR) is 116 cm³/mol. The van der Waals surface area contributed by atoms with Crippen molar-refractivity contribution >= 4 is 11.6 Å². The van der Waals surface area contributed by atoms with Gasteiger partial charge in [0.25, 0.3) is 11.5 Å². The quantitative estimate of drug-likeness (QED) is 0.578. The first kappa shape index (κ1) is 19.7. The molecule has 0 spiro atoms. The van der Waals surface area contributed by atoms with Gasteiger partial charge >= 0.3 is 0 Å². The molecule has 1 aliphatic heterocycles. The fourth-order valence-corrected chi connectivity index (χ4v) is 3.62. The zero-order valence-electron chi connectivity index (χ0n) is 16.8. The Bertz CT molecular complexity index is 1110. The minimum atomic E-state index is -0.543. The van der Waals surface area contributed by atoms with Crippen LogP contribution in [0, 0.1) is 0 Å². The molecule has 4 rings (SSSR count). The third kappa shape index (κ3) is 4.21. The third-order valence-electron chi connectivity index (χ3n) is 5.32. The summed E-state index contributed by atoms with van der Waals surface area (Å²) in [6.45, 7) is 1.97. The monoisotopic (exact) mass is 402 g/mol. The zero-order chi connectivity index (χ0) is 20.9. The number of H-pyrrole nitrogens is 1. The van der Waals surface area contributed by atoms with Crippen LogP contribution in [-0.4, -0.2) is 42.0 Å². The Morgan fingerprint density at radius 2 is 1.60 bits per heavy atom. The summed E-state index contributed by atoms with van der Waals surface area (Å²) >= 11 is 0. The molecule has 1 aromatic heterocycles. The van der Waals surface area contributed by atoms with Gasteiger partial charge < -0.3 is 4.90 Å². The molecule has 1 fully saturated rings. The van der Waals surface area contributed by atoms with Crippen molar-refractivity contribution in [2.24, 2.45) is 5.10 Å². The van der Waals surface area contributed by atoms with Gasteiger partial charge in [-0.15, -0.1) is 0 Å². The van der Waals surface area contributed by atoms with E-state index in [1.54, 1.807) is 0 Å². The Kier molecular flexibility index (Phi) is 5.81. The van der Waals surface area contributed by atoms with Crippen molar-refractivity contribution in [2.45, 2.75) is 12.8 Å². The SMILES string of the molecule is C[NH+]1CCC(=NNC(=O)c2c(-c3ccccc3)c(-c3ccccc3)n[nH]c2=O)CC1. The number of hydrogen-bond acceptors (Lipinski definition) is 4. The van der Waals surface area contributed by atoms with Gasteiger partial charge in [0.2, 0.25) is 0 Å². The number of hydrazone groups is 1. The van der Waals surface area contributed by atoms with Crippen molar-refractivity contribution in [1.82, 2.24) is 15.6 Å². The molecule has 0 radical (unpaired) electrons. The summed E-state index contributed by atoms with van der Waals surface area (Å²) in [5.41, 5.74) is 5.62. The summed E-state index contributed by atoms with van der Waals surface area (Å²) in [4.78, 5) is 27.2. The molecule has 2 heterocycles. The number of hydrogen-bond donors (Lipinski definition) is 3. The summed E-state index contributed by atoms with van der Waals surface area (Å²) in [5, 5.41) is 11.1. The first-order valence-corrected chi connectivity index (χ1v) is 10.0. The Morgan fingerprint density at radius 1 is 1.00 bits per heavy atom. The number of nitrogens with zero attached hydrogens (tertiary/aromatic N) is 2. The van der Waals surface area contributed by atoms with Crippen molar-refractivity contribution in [3.05, 3.63) is 76.6 Å². The molecule has 1 saturated heterocycles. The molecule has 0 atom stereocenters. The van der Waals surface area contributed by atoms with Crippen LogP contribution in [0.25, 0.3) is 22.4 Å². The van der Waals surface area contributed by atoms with E-state index < -0.39 is 11.5 Å². The van der Waals surface area contributed by atoms with Gasteiger partial charge in [-0.2, -0.15) is 10.2 Å². The van der Waals surface area contributed by atoms with Crippen LogP contribution in [0.5, 0.6) is 0 Å². The normalized spacial score (nSPS) is 16.2. The van der Waals surface area contributed by atoms with Crippen molar-refractivity contribution in [2.75, 3.05) is 20.1 Å². The molecule has 1 amide bonds. The Labute approximate surface area is 174 Å². The largest absolute Gasteiger partial charge is 0.337 e. The summed E-state index contributed by atoms with van der Waals surface area (Å²) in [5.74, 6) is -0.534. The lowest BCUT2D eigenvalue weighted by atomic mass is 9.95. The average molecular weight is 402 g/mol. The van der Waals surface area contributed by atoms with Crippen molar-refractivity contribution in [1.29, 1.82) is 0 Å². The van der Waals surface area contributed by atoms with E-state index in [1.807, 2.05) is 60.7 Å². The van der Waals surface area contributed by atoms with E-state index in [-0.39, 0.29) is 5.56 Å². The molecular formula is C23H24N5O2+. The standard InChI is InChI=1S/C23H23N5O2/c1-28-14-12-18(13-15-28)24-26-22(29)20-19(16-8-4-2-5-9-16)21(25-27-23(20)30)17-10-6-3-7-11-17/h2-11H,12-15H2,1H3,(H,26,29)(H,27,30)/p+1. The van der Waals surface area contributed by atoms with E-state index in [4.69, 9.17) is 0 Å². The van der Waals surface area contributed by atoms with Gasteiger partial charge in [-0.05, 0) is 5.56 Å². The number of piperidine rings is 1. The van der Waals surface area contributed by atoms with Crippen LogP contribution in [0.4, 0.5) is 0 Å². The van der Waals surface area contributed by atoms with Crippen LogP contribution in [-0.2, 0) is 0 Å². The molecule has 1 aliphatic rings. The number of amides is 1. The molecule has 30 heavy (non-hydrogen) atoms. The van der Waals surface area contributed by atoms with Crippen LogP contribution in [0.1, 0.15) is 23.2 Å². The zero-order valence-corrected chi connectivity index (χ0v) is 16.8. The summed E-state index contributed by atoms with van der Waals surface area (Å²) < 4.78 is 0. The van der Waals surface area contributed by atoms with Crippen molar-refractivity contribution < 1.29 is 9.69 Å². The van der Waals surface area contributed by atoms with Gasteiger partial charge in [-0.1, -0.05) is 60.7 Å². The van der Waals surface area contributed by atoms with E-state index in [0.717, 1.165) is 42.8 Å². The van der Waals surface area contributed by atoms with Gasteiger partial charge in [0.05, 0.1) is 25.8 Å². The fraction of sp³-hybridized carbons (Fsp3) is 0.217. The molecule has 0 unspecified atom stereocenters. The number of aromatic nitrogens is 2. The predicted octanol–water partition coefficient (Wildman–Crippen LogP) is 1.50. The van der Waals surface area contributed by atoms with Crippen molar-refractivity contribution in [3.8, 4) is 22.4 Å². The number of carbonyl (C=O) groups is 1. The maximum absolute atomic E-state index is 13.1. The Hall–Kier alpha value is -3.58. The second-order valence-electron chi connectivity index (χ2n) is 7.46. The Balaban J connectivity index is 1.78. The minimum Gasteiger partial charge on any atom is -0.337 e. The lowest BCUT2D eigenvalue weighted by Crippen LogP contribution is -3.10. The summed E-state index contributed by atoms with van der Waals surface area (Å²) in [6.07, 6.45) is 1.67. The summed E-state index contributed by atoms with van der Waals surface area (Å²) in [7, 11) is 2.14. The van der Waals surface area contributed by atoms with Crippen LogP contribution in [0.2, 0.25) is 0 Å². The number of rotatable bonds is 4. The number of likely N-dealkylation sites (tertiary alicyclic amines) is 1. The van der Waals surface area contributed by atoms with Crippen LogP contribution < -0.4 is 15.9 Å². The van der Waals surface area contributed by atoms with E-state index in [2.05, 4.69) is 27.8 Å². The number of carbonyl (C=O) groups excluding carboxylic acids is 1. The molecule has 2 aromatic carbocycles. The van der Waals surface area contributed by atoms with E-state index >= 15 is 0 Å². The van der Waals surface area contributed by atoms with Gasteiger partial charge in [-0.25, -0.2) is 10.5 Å². The van der Waals surface area contributed by atoms with Gasteiger partial charge in [0.1, 0.15) is 5.56 Å². The molecule has 3 aromatic rings. The number of benzene rings is 2. The Morgan fingerprint density at radius 3 is 2.23 bits per heavy atom. The third-order valence-corrected chi connectivity index (χ3v) is 5.32. The first-order valence-electron chi connectivity index (χ1n) is 10.0. The van der Waals surface area contributed by atoms with Gasteiger partial charge in [-0.3, -0.25) is 9.59 Å². The molecule has 7 nitrogen and oxygen atoms in total. The van der Waals surface area contributed by atoms with E-state index in [0.29, 0.717) is 11.3 Å². The highest BCUT2D eigenvalue weighted by molar-refractivity contribution is 6.04.